The lowest BCUT2D eigenvalue weighted by Gasteiger charge is -2.14. The van der Waals surface area contributed by atoms with Gasteiger partial charge in [-0.05, 0) is 24.8 Å². The van der Waals surface area contributed by atoms with Crippen molar-refractivity contribution in [3.63, 3.8) is 0 Å². The molecule has 0 unspecified atom stereocenters. The van der Waals surface area contributed by atoms with E-state index in [1.165, 1.54) is 0 Å². The maximum absolute atomic E-state index is 11.9. The molecule has 0 aliphatic carbocycles. The van der Waals surface area contributed by atoms with Crippen LogP contribution >= 0.6 is 0 Å². The average molecular weight is 407 g/mol. The number of carbonyl (C=O) groups is 3. The van der Waals surface area contributed by atoms with Crippen LogP contribution in [0.15, 0.2) is 30.3 Å². The highest BCUT2D eigenvalue weighted by Crippen LogP contribution is 2.07. The third kappa shape index (κ3) is 12.5. The zero-order valence-electron chi connectivity index (χ0n) is 17.3. The van der Waals surface area contributed by atoms with Crippen LogP contribution in [0.2, 0.25) is 0 Å². The number of carboxylic acid groups (broad SMARTS) is 1. The molecule has 0 bridgehead atoms. The first-order chi connectivity index (χ1) is 14.0. The molecule has 1 rings (SSSR count). The van der Waals surface area contributed by atoms with Crippen molar-refractivity contribution in [1.82, 2.24) is 10.6 Å². The summed E-state index contributed by atoms with van der Waals surface area (Å²) in [5.74, 6) is -1.21. The first kappa shape index (κ1) is 24.5. The largest absolute Gasteiger partial charge is 0.480 e. The van der Waals surface area contributed by atoms with Crippen LogP contribution in [0.3, 0.4) is 0 Å². The highest BCUT2D eigenvalue weighted by Gasteiger charge is 2.18. The van der Waals surface area contributed by atoms with Gasteiger partial charge in [0.1, 0.15) is 12.6 Å². The van der Waals surface area contributed by atoms with Crippen LogP contribution in [0, 0.1) is 0 Å². The van der Waals surface area contributed by atoms with Crippen molar-refractivity contribution < 1.29 is 24.2 Å². The van der Waals surface area contributed by atoms with E-state index in [2.05, 4.69) is 17.6 Å². The van der Waals surface area contributed by atoms with Gasteiger partial charge in [-0.15, -0.1) is 0 Å². The Balaban J connectivity index is 2.07. The van der Waals surface area contributed by atoms with Gasteiger partial charge < -0.3 is 20.5 Å². The molecule has 1 atom stereocenters. The molecule has 0 aliphatic rings. The molecule has 0 saturated carbocycles. The topological polar surface area (TPSA) is 105 Å². The Labute approximate surface area is 173 Å². The number of ether oxygens (including phenoxy) is 1. The number of amides is 2. The summed E-state index contributed by atoms with van der Waals surface area (Å²) in [5, 5.41) is 14.5. The first-order valence-electron chi connectivity index (χ1n) is 10.5. The summed E-state index contributed by atoms with van der Waals surface area (Å²) in [5.41, 5.74) is 0.929. The maximum atomic E-state index is 11.9. The zero-order chi connectivity index (χ0) is 21.3. The van der Waals surface area contributed by atoms with Crippen LogP contribution in [0.5, 0.6) is 0 Å². The predicted molar refractivity (Wildman–Crippen MR) is 111 cm³/mol. The van der Waals surface area contributed by atoms with E-state index in [4.69, 9.17) is 4.74 Å². The van der Waals surface area contributed by atoms with E-state index in [0.29, 0.717) is 19.4 Å². The first-order valence-corrected chi connectivity index (χ1v) is 10.5. The summed E-state index contributed by atoms with van der Waals surface area (Å²) in [6, 6.07) is 8.65. The number of carboxylic acids is 1. The second-order valence-corrected chi connectivity index (χ2v) is 7.11. The number of hydrogen-bond donors (Lipinski definition) is 3. The lowest BCUT2D eigenvalue weighted by Crippen LogP contribution is -2.40. The van der Waals surface area contributed by atoms with Crippen molar-refractivity contribution in [3.8, 4) is 0 Å². The molecule has 0 aromatic heterocycles. The second-order valence-electron chi connectivity index (χ2n) is 7.11. The van der Waals surface area contributed by atoms with Gasteiger partial charge in [-0.1, -0.05) is 69.4 Å². The normalized spacial score (nSPS) is 11.5. The van der Waals surface area contributed by atoms with Crippen molar-refractivity contribution in [1.29, 1.82) is 0 Å². The number of rotatable bonds is 15. The minimum absolute atomic E-state index is 0.232. The molecular weight excluding hydrogens is 372 g/mol. The molecule has 7 heteroatoms. The van der Waals surface area contributed by atoms with Crippen molar-refractivity contribution in [2.24, 2.45) is 0 Å². The van der Waals surface area contributed by atoms with E-state index >= 15 is 0 Å². The Morgan fingerprint density at radius 1 is 1.00 bits per heavy atom. The fourth-order valence-electron chi connectivity index (χ4n) is 2.85. The number of hydrogen-bond acceptors (Lipinski definition) is 4. The molecule has 1 aromatic carbocycles. The summed E-state index contributed by atoms with van der Waals surface area (Å²) in [6.07, 6.45) is 6.39. The molecule has 0 saturated heterocycles. The maximum Gasteiger partial charge on any atom is 0.407 e. The summed E-state index contributed by atoms with van der Waals surface area (Å²) in [6.45, 7) is 2.81. The smallest absolute Gasteiger partial charge is 0.407 e. The molecule has 7 nitrogen and oxygen atoms in total. The zero-order valence-corrected chi connectivity index (χ0v) is 17.3. The molecule has 162 valence electrons. The van der Waals surface area contributed by atoms with Crippen molar-refractivity contribution in [3.05, 3.63) is 35.9 Å². The van der Waals surface area contributed by atoms with Crippen LogP contribution < -0.4 is 10.6 Å². The minimum Gasteiger partial charge on any atom is -0.480 e. The number of benzene rings is 1. The van der Waals surface area contributed by atoms with Crippen LogP contribution in [-0.4, -0.2) is 35.7 Å². The number of aliphatic carboxylic acids is 1. The highest BCUT2D eigenvalue weighted by atomic mass is 16.5. The van der Waals surface area contributed by atoms with Gasteiger partial charge >= 0.3 is 12.1 Å². The fraction of sp³-hybridized carbons (Fsp3) is 0.591. The van der Waals surface area contributed by atoms with E-state index in [1.807, 2.05) is 30.3 Å². The summed E-state index contributed by atoms with van der Waals surface area (Å²) in [4.78, 5) is 34.8. The molecule has 2 amide bonds. The average Bonchev–Trinajstić information content (AvgIpc) is 2.71. The second kappa shape index (κ2) is 15.4. The van der Waals surface area contributed by atoms with Crippen molar-refractivity contribution >= 4 is 18.0 Å². The minimum atomic E-state index is -0.979. The lowest BCUT2D eigenvalue weighted by atomic mass is 10.1. The monoisotopic (exact) mass is 406 g/mol. The van der Waals surface area contributed by atoms with Gasteiger partial charge in [0.25, 0.3) is 0 Å². The molecule has 1 aromatic rings. The van der Waals surface area contributed by atoms with E-state index in [0.717, 1.165) is 44.1 Å². The molecule has 0 aliphatic heterocycles. The van der Waals surface area contributed by atoms with E-state index < -0.39 is 18.1 Å². The molecular formula is C22H34N2O5. The molecule has 3 N–H and O–H groups in total. The van der Waals surface area contributed by atoms with Gasteiger partial charge in [-0.2, -0.15) is 0 Å². The SMILES string of the molecule is CCCCCC[C@H](NC(=O)CCCCCNC(=O)OCc1ccccc1)C(=O)O. The quantitative estimate of drug-likeness (QED) is 0.382. The van der Waals surface area contributed by atoms with Crippen LogP contribution in [-0.2, 0) is 20.9 Å². The van der Waals surface area contributed by atoms with Gasteiger partial charge in [-0.25, -0.2) is 9.59 Å². The third-order valence-corrected chi connectivity index (χ3v) is 4.54. The van der Waals surface area contributed by atoms with Gasteiger partial charge in [0.15, 0.2) is 0 Å². The highest BCUT2D eigenvalue weighted by molar-refractivity contribution is 5.83. The molecule has 0 fully saturated rings. The number of unbranched alkanes of at least 4 members (excludes halogenated alkanes) is 5. The number of alkyl carbamates (subject to hydrolysis) is 1. The van der Waals surface area contributed by atoms with Crippen LogP contribution in [0.4, 0.5) is 4.79 Å². The fourth-order valence-corrected chi connectivity index (χ4v) is 2.85. The number of nitrogens with one attached hydrogen (secondary N) is 2. The van der Waals surface area contributed by atoms with E-state index in [-0.39, 0.29) is 18.9 Å². The summed E-state index contributed by atoms with van der Waals surface area (Å²) >= 11 is 0. The van der Waals surface area contributed by atoms with Crippen molar-refractivity contribution in [2.75, 3.05) is 6.54 Å². The summed E-state index contributed by atoms with van der Waals surface area (Å²) in [7, 11) is 0. The predicted octanol–water partition coefficient (Wildman–Crippen LogP) is 4.01. The third-order valence-electron chi connectivity index (χ3n) is 4.54. The standard InChI is InChI=1S/C22H34N2O5/c1-2-3-4-9-14-19(21(26)27)24-20(25)15-10-6-11-16-23-22(28)29-17-18-12-7-5-8-13-18/h5,7-8,12-13,19H,2-4,6,9-11,14-17H2,1H3,(H,23,28)(H,24,25)(H,26,27)/t19-/m0/s1. The van der Waals surface area contributed by atoms with Crippen molar-refractivity contribution in [2.45, 2.75) is 77.4 Å². The Morgan fingerprint density at radius 2 is 1.72 bits per heavy atom. The van der Waals surface area contributed by atoms with Gasteiger partial charge in [0.05, 0.1) is 0 Å². The Hall–Kier alpha value is -2.57. The summed E-state index contributed by atoms with van der Waals surface area (Å²) < 4.78 is 5.12. The Morgan fingerprint density at radius 3 is 2.41 bits per heavy atom. The lowest BCUT2D eigenvalue weighted by molar-refractivity contribution is -0.142. The van der Waals surface area contributed by atoms with Gasteiger partial charge in [-0.3, -0.25) is 4.79 Å². The van der Waals surface area contributed by atoms with Gasteiger partial charge in [0.2, 0.25) is 5.91 Å². The van der Waals surface area contributed by atoms with E-state index in [1.54, 1.807) is 0 Å². The molecule has 0 radical (unpaired) electrons. The Kier molecular flexibility index (Phi) is 13.0. The molecule has 0 heterocycles. The Bertz CT molecular complexity index is 606. The van der Waals surface area contributed by atoms with Crippen LogP contribution in [0.25, 0.3) is 0 Å². The van der Waals surface area contributed by atoms with Crippen LogP contribution in [0.1, 0.15) is 70.3 Å². The van der Waals surface area contributed by atoms with Gasteiger partial charge in [0, 0.05) is 13.0 Å². The molecule has 0 spiro atoms. The number of carbonyl (C=O) groups excluding carboxylic acids is 2. The van der Waals surface area contributed by atoms with E-state index in [9.17, 15) is 19.5 Å². The molecule has 29 heavy (non-hydrogen) atoms.